The fourth-order valence-electron chi connectivity index (χ4n) is 6.94. The van der Waals surface area contributed by atoms with Crippen molar-refractivity contribution >= 4 is 17.9 Å². The molecule has 0 aromatic carbocycles. The standard InChI is InChI=1S/C47H89NO6/c1-8-9-10-11-18-23-28-39-52-45(49)32-26-21-16-12-14-19-24-30-44(54-47(51)34-29-38-48(6)7)31-25-20-15-13-17-22-27-33-46(50)53-40-37-43(42(4)5)36-35-41(2)3/h23,28,41-44H,8-22,24-27,29-40H2,1-7H3/b28-23-. The summed E-state index contributed by atoms with van der Waals surface area (Å²) in [6.45, 7) is 13.2. The van der Waals surface area contributed by atoms with Crippen LogP contribution in [0.5, 0.6) is 0 Å². The van der Waals surface area contributed by atoms with Crippen molar-refractivity contribution in [1.29, 1.82) is 0 Å². The number of esters is 3. The molecule has 0 amide bonds. The summed E-state index contributed by atoms with van der Waals surface area (Å²) in [4.78, 5) is 38.9. The zero-order valence-corrected chi connectivity index (χ0v) is 36.8. The summed E-state index contributed by atoms with van der Waals surface area (Å²) in [5.41, 5.74) is 0. The largest absolute Gasteiger partial charge is 0.466 e. The van der Waals surface area contributed by atoms with Crippen LogP contribution in [0.4, 0.5) is 0 Å². The van der Waals surface area contributed by atoms with E-state index in [1.807, 2.05) is 20.2 Å². The van der Waals surface area contributed by atoms with Crippen LogP contribution in [0.25, 0.3) is 0 Å². The molecule has 0 fully saturated rings. The van der Waals surface area contributed by atoms with Gasteiger partial charge in [0, 0.05) is 19.3 Å². The maximum Gasteiger partial charge on any atom is 0.306 e. The van der Waals surface area contributed by atoms with E-state index < -0.39 is 0 Å². The second-order valence-corrected chi connectivity index (χ2v) is 17.0. The van der Waals surface area contributed by atoms with Crippen molar-refractivity contribution in [2.45, 2.75) is 221 Å². The third-order valence-corrected chi connectivity index (χ3v) is 10.6. The van der Waals surface area contributed by atoms with E-state index in [9.17, 15) is 14.4 Å². The van der Waals surface area contributed by atoms with E-state index in [1.165, 1.54) is 64.2 Å². The van der Waals surface area contributed by atoms with Gasteiger partial charge in [-0.2, -0.15) is 0 Å². The second kappa shape index (κ2) is 38.0. The van der Waals surface area contributed by atoms with Gasteiger partial charge in [0.15, 0.2) is 0 Å². The van der Waals surface area contributed by atoms with Gasteiger partial charge in [-0.25, -0.2) is 0 Å². The Balaban J connectivity index is 4.11. The van der Waals surface area contributed by atoms with Gasteiger partial charge in [-0.15, -0.1) is 0 Å². The summed E-state index contributed by atoms with van der Waals surface area (Å²) in [5.74, 6) is 1.82. The molecule has 0 saturated heterocycles. The lowest BCUT2D eigenvalue weighted by Gasteiger charge is -2.21. The van der Waals surface area contributed by atoms with Crippen molar-refractivity contribution in [2.24, 2.45) is 17.8 Å². The molecule has 318 valence electrons. The van der Waals surface area contributed by atoms with E-state index in [-0.39, 0.29) is 24.0 Å². The molecule has 0 spiro atoms. The van der Waals surface area contributed by atoms with Crippen molar-refractivity contribution < 1.29 is 28.6 Å². The Morgan fingerprint density at radius 1 is 0.537 bits per heavy atom. The first-order valence-corrected chi connectivity index (χ1v) is 22.9. The molecular formula is C47H89NO6. The molecule has 0 N–H and O–H groups in total. The van der Waals surface area contributed by atoms with Crippen LogP contribution in [0.2, 0.25) is 0 Å². The van der Waals surface area contributed by atoms with Crippen LogP contribution in [-0.4, -0.2) is 62.8 Å². The van der Waals surface area contributed by atoms with E-state index in [0.29, 0.717) is 44.3 Å². The van der Waals surface area contributed by atoms with Crippen LogP contribution in [0.3, 0.4) is 0 Å². The molecule has 2 unspecified atom stereocenters. The number of ether oxygens (including phenoxy) is 3. The molecule has 54 heavy (non-hydrogen) atoms. The number of nitrogens with zero attached hydrogens (tertiary/aromatic N) is 1. The van der Waals surface area contributed by atoms with E-state index in [1.54, 1.807) is 0 Å². The number of hydrogen-bond acceptors (Lipinski definition) is 7. The van der Waals surface area contributed by atoms with Crippen LogP contribution >= 0.6 is 0 Å². The number of rotatable bonds is 39. The number of allylic oxidation sites excluding steroid dienone is 1. The Bertz CT molecular complexity index is 901. The second-order valence-electron chi connectivity index (χ2n) is 17.0. The number of hydrogen-bond donors (Lipinski definition) is 0. The molecule has 0 aliphatic rings. The number of unbranched alkanes of at least 4 members (excludes halogenated alkanes) is 16. The molecule has 0 aromatic rings. The molecule has 0 heterocycles. The van der Waals surface area contributed by atoms with Gasteiger partial charge in [-0.3, -0.25) is 14.4 Å². The molecule has 0 saturated carbocycles. The Morgan fingerprint density at radius 3 is 1.59 bits per heavy atom. The van der Waals surface area contributed by atoms with Crippen LogP contribution < -0.4 is 0 Å². The topological polar surface area (TPSA) is 82.1 Å². The lowest BCUT2D eigenvalue weighted by Crippen LogP contribution is -2.20. The van der Waals surface area contributed by atoms with Crippen molar-refractivity contribution in [3.05, 3.63) is 12.2 Å². The molecule has 7 nitrogen and oxygen atoms in total. The highest BCUT2D eigenvalue weighted by Gasteiger charge is 2.16. The SMILES string of the molecule is CCCCCC/C=C\COC(=O)CCCCCCCCCC(CCCCCCCCCC(=O)OCCC(CCC(C)C)C(C)C)OC(=O)CCCN(C)C. The summed E-state index contributed by atoms with van der Waals surface area (Å²) in [6, 6.07) is 0. The van der Waals surface area contributed by atoms with Crippen LogP contribution in [-0.2, 0) is 28.6 Å². The molecule has 7 heteroatoms. The molecule has 2 atom stereocenters. The van der Waals surface area contributed by atoms with E-state index >= 15 is 0 Å². The van der Waals surface area contributed by atoms with Crippen LogP contribution in [0, 0.1) is 17.8 Å². The molecule has 0 aliphatic heterocycles. The first kappa shape index (κ1) is 52.1. The summed E-state index contributed by atoms with van der Waals surface area (Å²) < 4.78 is 16.9. The third kappa shape index (κ3) is 37.1. The van der Waals surface area contributed by atoms with Gasteiger partial charge in [0.1, 0.15) is 12.7 Å². The maximum atomic E-state index is 12.6. The predicted molar refractivity (Wildman–Crippen MR) is 228 cm³/mol. The average Bonchev–Trinajstić information content (AvgIpc) is 3.12. The Labute approximate surface area is 334 Å². The highest BCUT2D eigenvalue weighted by Crippen LogP contribution is 2.24. The van der Waals surface area contributed by atoms with Crippen molar-refractivity contribution in [2.75, 3.05) is 33.9 Å². The van der Waals surface area contributed by atoms with Crippen molar-refractivity contribution in [3.63, 3.8) is 0 Å². The minimum absolute atomic E-state index is 0.0239. The van der Waals surface area contributed by atoms with Crippen LogP contribution in [0.15, 0.2) is 12.2 Å². The van der Waals surface area contributed by atoms with Gasteiger partial charge in [0.05, 0.1) is 6.61 Å². The fraction of sp³-hybridized carbons (Fsp3) is 0.894. The van der Waals surface area contributed by atoms with Gasteiger partial charge in [0.2, 0.25) is 0 Å². The zero-order chi connectivity index (χ0) is 40.1. The van der Waals surface area contributed by atoms with E-state index in [4.69, 9.17) is 14.2 Å². The van der Waals surface area contributed by atoms with Gasteiger partial charge in [0.25, 0.3) is 0 Å². The number of carbonyl (C=O) groups excluding carboxylic acids is 3. The molecular weight excluding hydrogens is 675 g/mol. The first-order valence-electron chi connectivity index (χ1n) is 22.9. The molecule has 0 bridgehead atoms. The average molecular weight is 764 g/mol. The monoisotopic (exact) mass is 764 g/mol. The molecule has 0 radical (unpaired) electrons. The third-order valence-electron chi connectivity index (χ3n) is 10.6. The lowest BCUT2D eigenvalue weighted by molar-refractivity contribution is -0.150. The zero-order valence-electron chi connectivity index (χ0n) is 36.8. The quantitative estimate of drug-likeness (QED) is 0.0267. The van der Waals surface area contributed by atoms with Crippen LogP contribution in [0.1, 0.15) is 214 Å². The Morgan fingerprint density at radius 2 is 1.06 bits per heavy atom. The fourth-order valence-corrected chi connectivity index (χ4v) is 6.94. The normalized spacial score (nSPS) is 12.9. The minimum Gasteiger partial charge on any atom is -0.466 e. The van der Waals surface area contributed by atoms with Gasteiger partial charge in [-0.1, -0.05) is 137 Å². The number of carbonyl (C=O) groups is 3. The van der Waals surface area contributed by atoms with Crippen molar-refractivity contribution in [1.82, 2.24) is 4.90 Å². The van der Waals surface area contributed by atoms with E-state index in [0.717, 1.165) is 109 Å². The molecule has 0 aromatic heterocycles. The lowest BCUT2D eigenvalue weighted by atomic mass is 9.86. The summed E-state index contributed by atoms with van der Waals surface area (Å²) in [5, 5.41) is 0. The smallest absolute Gasteiger partial charge is 0.306 e. The first-order chi connectivity index (χ1) is 26.0. The predicted octanol–water partition coefficient (Wildman–Crippen LogP) is 13.0. The van der Waals surface area contributed by atoms with Crippen molar-refractivity contribution in [3.8, 4) is 0 Å². The maximum absolute atomic E-state index is 12.6. The molecule has 0 aliphatic carbocycles. The van der Waals surface area contributed by atoms with Gasteiger partial charge in [-0.05, 0) is 109 Å². The van der Waals surface area contributed by atoms with Gasteiger partial charge >= 0.3 is 17.9 Å². The highest BCUT2D eigenvalue weighted by molar-refractivity contribution is 5.70. The Kier molecular flexibility index (Phi) is 36.7. The Hall–Kier alpha value is -1.89. The molecule has 0 rings (SSSR count). The van der Waals surface area contributed by atoms with E-state index in [2.05, 4.69) is 45.6 Å². The summed E-state index contributed by atoms with van der Waals surface area (Å²) in [7, 11) is 4.07. The highest BCUT2D eigenvalue weighted by atomic mass is 16.5. The minimum atomic E-state index is -0.0832. The summed E-state index contributed by atoms with van der Waals surface area (Å²) >= 11 is 0. The van der Waals surface area contributed by atoms with Gasteiger partial charge < -0.3 is 19.1 Å². The summed E-state index contributed by atoms with van der Waals surface area (Å²) in [6.07, 6.45) is 33.5.